The Labute approximate surface area is 107 Å². The molecule has 0 radical (unpaired) electrons. The molecule has 0 amide bonds. The normalized spacial score (nSPS) is 10.6. The van der Waals surface area contributed by atoms with Gasteiger partial charge >= 0.3 is 11.7 Å². The van der Waals surface area contributed by atoms with Crippen molar-refractivity contribution in [3.8, 4) is 0 Å². The number of nitro groups is 1. The monoisotopic (exact) mass is 265 g/mol. The molecule has 0 atom stereocenters. The molecule has 0 saturated carbocycles. The van der Waals surface area contributed by atoms with Crippen LogP contribution in [-0.4, -0.2) is 35.6 Å². The summed E-state index contributed by atoms with van der Waals surface area (Å²) in [6, 6.07) is 1.82. The zero-order chi connectivity index (χ0) is 14.0. The molecule has 0 aliphatic carbocycles. The molecule has 2 rings (SSSR count). The zero-order valence-corrected chi connectivity index (χ0v) is 10.1. The summed E-state index contributed by atoms with van der Waals surface area (Å²) in [6.07, 6.45) is 3.32. The lowest BCUT2D eigenvalue weighted by Gasteiger charge is -2.01. The topological polar surface area (TPSA) is 116 Å². The Bertz CT molecular complexity index is 598. The van der Waals surface area contributed by atoms with E-state index in [2.05, 4.69) is 10.2 Å². The predicted molar refractivity (Wildman–Crippen MR) is 62.8 cm³/mol. The number of rotatable bonds is 5. The molecule has 19 heavy (non-hydrogen) atoms. The highest BCUT2D eigenvalue weighted by Gasteiger charge is 2.24. The molecule has 0 aromatic carbocycles. The summed E-state index contributed by atoms with van der Waals surface area (Å²) >= 11 is 0. The van der Waals surface area contributed by atoms with E-state index in [9.17, 15) is 14.9 Å². The average Bonchev–Trinajstić information content (AvgIpc) is 2.92. The Balaban J connectivity index is 2.18. The van der Waals surface area contributed by atoms with Gasteiger partial charge in [0, 0.05) is 31.9 Å². The zero-order valence-electron chi connectivity index (χ0n) is 10.1. The second-order valence-electron chi connectivity index (χ2n) is 3.88. The third-order valence-electron chi connectivity index (χ3n) is 2.66. The van der Waals surface area contributed by atoms with Crippen LogP contribution < -0.4 is 0 Å². The van der Waals surface area contributed by atoms with Crippen molar-refractivity contribution in [1.29, 1.82) is 0 Å². The highest BCUT2D eigenvalue weighted by Crippen LogP contribution is 2.16. The van der Waals surface area contributed by atoms with Gasteiger partial charge in [0.15, 0.2) is 0 Å². The van der Waals surface area contributed by atoms with E-state index in [1.165, 1.54) is 4.68 Å². The fraction of sp³-hybridized carbons (Fsp3) is 0.300. The number of carboxylic acids is 1. The molecule has 2 heterocycles. The maximum absolute atomic E-state index is 10.8. The SMILES string of the molecule is Cn1nccc1CCn1cc([N+](=O)[O-])c(C(=O)O)n1. The maximum atomic E-state index is 10.8. The van der Waals surface area contributed by atoms with E-state index in [0.717, 1.165) is 11.9 Å². The van der Waals surface area contributed by atoms with Crippen LogP contribution in [0.3, 0.4) is 0 Å². The Kier molecular flexibility index (Phi) is 3.27. The van der Waals surface area contributed by atoms with E-state index in [0.29, 0.717) is 13.0 Å². The van der Waals surface area contributed by atoms with Crippen LogP contribution in [0.2, 0.25) is 0 Å². The van der Waals surface area contributed by atoms with Gasteiger partial charge in [-0.3, -0.25) is 19.5 Å². The summed E-state index contributed by atoms with van der Waals surface area (Å²) in [5.41, 5.74) is -0.123. The first-order chi connectivity index (χ1) is 8.99. The molecule has 1 N–H and O–H groups in total. The Hall–Kier alpha value is -2.71. The molecule has 0 aliphatic heterocycles. The third-order valence-corrected chi connectivity index (χ3v) is 2.66. The van der Waals surface area contributed by atoms with Crippen LogP contribution in [-0.2, 0) is 20.0 Å². The van der Waals surface area contributed by atoms with Crippen LogP contribution in [0.25, 0.3) is 0 Å². The van der Waals surface area contributed by atoms with Crippen LogP contribution in [0.15, 0.2) is 18.5 Å². The van der Waals surface area contributed by atoms with E-state index < -0.39 is 22.3 Å². The molecule has 0 fully saturated rings. The first kappa shape index (κ1) is 12.7. The van der Waals surface area contributed by atoms with Gasteiger partial charge in [-0.2, -0.15) is 10.2 Å². The van der Waals surface area contributed by atoms with Gasteiger partial charge in [-0.15, -0.1) is 0 Å². The number of nitrogens with zero attached hydrogens (tertiary/aromatic N) is 5. The molecule has 100 valence electrons. The first-order valence-electron chi connectivity index (χ1n) is 5.41. The lowest BCUT2D eigenvalue weighted by atomic mass is 10.3. The minimum atomic E-state index is -1.41. The van der Waals surface area contributed by atoms with Gasteiger partial charge in [-0.25, -0.2) is 4.79 Å². The van der Waals surface area contributed by atoms with Crippen molar-refractivity contribution < 1.29 is 14.8 Å². The number of aromatic nitrogens is 4. The highest BCUT2D eigenvalue weighted by atomic mass is 16.6. The van der Waals surface area contributed by atoms with Crippen molar-refractivity contribution >= 4 is 11.7 Å². The lowest BCUT2D eigenvalue weighted by Crippen LogP contribution is -2.07. The van der Waals surface area contributed by atoms with Gasteiger partial charge in [0.05, 0.1) is 4.92 Å². The van der Waals surface area contributed by atoms with E-state index in [1.54, 1.807) is 17.9 Å². The molecule has 2 aromatic heterocycles. The maximum Gasteiger partial charge on any atom is 0.363 e. The van der Waals surface area contributed by atoms with Crippen molar-refractivity contribution in [2.45, 2.75) is 13.0 Å². The van der Waals surface area contributed by atoms with Gasteiger partial charge < -0.3 is 5.11 Å². The van der Waals surface area contributed by atoms with Gasteiger partial charge in [-0.05, 0) is 6.07 Å². The number of hydrogen-bond acceptors (Lipinski definition) is 5. The van der Waals surface area contributed by atoms with Crippen LogP contribution in [0, 0.1) is 10.1 Å². The van der Waals surface area contributed by atoms with Crippen LogP contribution in [0.4, 0.5) is 5.69 Å². The molecule has 0 spiro atoms. The summed E-state index contributed by atoms with van der Waals surface area (Å²) in [4.78, 5) is 20.8. The van der Waals surface area contributed by atoms with E-state index in [-0.39, 0.29) is 0 Å². The minimum absolute atomic E-state index is 0.341. The van der Waals surface area contributed by atoms with Gasteiger partial charge in [0.25, 0.3) is 0 Å². The van der Waals surface area contributed by atoms with E-state index in [4.69, 9.17) is 5.11 Å². The predicted octanol–water partition coefficient (Wildman–Crippen LogP) is 0.466. The van der Waals surface area contributed by atoms with Gasteiger partial charge in [0.1, 0.15) is 6.20 Å². The van der Waals surface area contributed by atoms with E-state index >= 15 is 0 Å². The molecule has 0 aliphatic rings. The number of aromatic carboxylic acids is 1. The van der Waals surface area contributed by atoms with Gasteiger partial charge in [-0.1, -0.05) is 0 Å². The van der Waals surface area contributed by atoms with Crippen molar-refractivity contribution in [3.63, 3.8) is 0 Å². The van der Waals surface area contributed by atoms with E-state index in [1.807, 2.05) is 6.07 Å². The summed E-state index contributed by atoms with van der Waals surface area (Å²) < 4.78 is 2.94. The molecular weight excluding hydrogens is 254 g/mol. The summed E-state index contributed by atoms with van der Waals surface area (Å²) in [6.45, 7) is 0.341. The average molecular weight is 265 g/mol. The highest BCUT2D eigenvalue weighted by molar-refractivity contribution is 5.89. The minimum Gasteiger partial charge on any atom is -0.476 e. The molecule has 9 nitrogen and oxygen atoms in total. The first-order valence-corrected chi connectivity index (χ1v) is 5.41. The molecule has 9 heteroatoms. The number of carboxylic acid groups (broad SMARTS) is 1. The standard InChI is InChI=1S/C10H11N5O4/c1-13-7(2-4-11-13)3-5-14-6-8(15(18)19)9(12-14)10(16)17/h2,4,6H,3,5H2,1H3,(H,16,17). The number of aryl methyl sites for hydroxylation is 3. The van der Waals surface area contributed by atoms with Crippen molar-refractivity contribution in [1.82, 2.24) is 19.6 Å². The molecule has 2 aromatic rings. The molecule has 0 unspecified atom stereocenters. The van der Waals surface area contributed by atoms with Crippen LogP contribution in [0.5, 0.6) is 0 Å². The number of hydrogen-bond donors (Lipinski definition) is 1. The Morgan fingerprint density at radius 1 is 1.58 bits per heavy atom. The van der Waals surface area contributed by atoms with Crippen LogP contribution in [0.1, 0.15) is 16.2 Å². The molecular formula is C10H11N5O4. The molecule has 0 saturated heterocycles. The second kappa shape index (κ2) is 4.88. The Morgan fingerprint density at radius 2 is 2.32 bits per heavy atom. The summed E-state index contributed by atoms with van der Waals surface area (Å²) in [7, 11) is 1.78. The fourth-order valence-corrected chi connectivity index (χ4v) is 1.69. The smallest absolute Gasteiger partial charge is 0.363 e. The lowest BCUT2D eigenvalue weighted by molar-refractivity contribution is -0.385. The largest absolute Gasteiger partial charge is 0.476 e. The number of carbonyl (C=O) groups is 1. The van der Waals surface area contributed by atoms with Crippen molar-refractivity contribution in [2.24, 2.45) is 7.05 Å². The van der Waals surface area contributed by atoms with Crippen molar-refractivity contribution in [3.05, 3.63) is 40.0 Å². The fourth-order valence-electron chi connectivity index (χ4n) is 1.69. The third kappa shape index (κ3) is 2.59. The quantitative estimate of drug-likeness (QED) is 0.620. The van der Waals surface area contributed by atoms with Crippen LogP contribution >= 0.6 is 0 Å². The molecule has 0 bridgehead atoms. The summed E-state index contributed by atoms with van der Waals surface area (Å²) in [5.74, 6) is -1.41. The van der Waals surface area contributed by atoms with Gasteiger partial charge in [0.2, 0.25) is 5.69 Å². The Morgan fingerprint density at radius 3 is 2.79 bits per heavy atom. The second-order valence-corrected chi connectivity index (χ2v) is 3.88. The summed E-state index contributed by atoms with van der Waals surface area (Å²) in [5, 5.41) is 27.2. The van der Waals surface area contributed by atoms with Crippen molar-refractivity contribution in [2.75, 3.05) is 0 Å².